The highest BCUT2D eigenvalue weighted by Gasteiger charge is 2.40. The number of rotatable bonds is 19. The normalized spacial score (nSPS) is 11.1. The molecule has 0 bridgehead atoms. The summed E-state index contributed by atoms with van der Waals surface area (Å²) in [6, 6.07) is 186. The van der Waals surface area contributed by atoms with E-state index in [1.807, 2.05) is 30.3 Å². The molecule has 0 aliphatic rings. The maximum Gasteiger partial charge on any atom is 0.135 e. The number of nitrogens with one attached hydrogen (secondary N) is 1. The van der Waals surface area contributed by atoms with Gasteiger partial charge in [-0.2, -0.15) is 12.6 Å². The average Bonchev–Trinajstić information content (AvgIpc) is 0.759. The van der Waals surface area contributed by atoms with Gasteiger partial charge < -0.3 is 19.1 Å². The third kappa shape index (κ3) is 17.8. The molecule has 22 rings (SSSR count). The molecule has 0 saturated carbocycles. The second-order valence-corrected chi connectivity index (χ2v) is 32.9. The third-order valence-electron chi connectivity index (χ3n) is 24.4. The summed E-state index contributed by atoms with van der Waals surface area (Å²) in [6.45, 7) is 0. The first-order valence-electron chi connectivity index (χ1n) is 43.6. The Morgan fingerprint density at radius 2 is 0.454 bits per heavy atom. The van der Waals surface area contributed by atoms with Crippen molar-refractivity contribution in [3.8, 4) is 66.8 Å². The van der Waals surface area contributed by atoms with Crippen molar-refractivity contribution in [3.63, 3.8) is 0 Å². The van der Waals surface area contributed by atoms with Crippen LogP contribution in [0.15, 0.2) is 535 Å². The Kier molecular flexibility index (Phi) is 25.9. The van der Waals surface area contributed by atoms with Crippen LogP contribution in [0.3, 0.4) is 0 Å². The van der Waals surface area contributed by atoms with Crippen LogP contribution in [0.1, 0.15) is 51.9 Å². The summed E-state index contributed by atoms with van der Waals surface area (Å²) in [6.07, 6.45) is 1.69. The molecule has 130 heavy (non-hydrogen) atoms. The molecule has 0 atom stereocenters. The minimum Gasteiger partial charge on any atom is -0.456 e. The summed E-state index contributed by atoms with van der Waals surface area (Å²) in [7, 11) is 0. The second kappa shape index (κ2) is 39.5. The van der Waals surface area contributed by atoms with Crippen LogP contribution in [0.4, 0.5) is 28.4 Å². The van der Waals surface area contributed by atoms with Crippen molar-refractivity contribution in [2.24, 2.45) is 0 Å². The molecule has 0 saturated heterocycles. The lowest BCUT2D eigenvalue weighted by Crippen LogP contribution is -2.31. The maximum absolute atomic E-state index is 6.20. The molecule has 0 unspecified atom stereocenters. The molecule has 22 aromatic rings. The van der Waals surface area contributed by atoms with Crippen molar-refractivity contribution < 1.29 is 8.83 Å². The van der Waals surface area contributed by atoms with E-state index >= 15 is 0 Å². The topological polar surface area (TPSA) is 41.6 Å². The molecule has 0 amide bonds. The molecule has 2 aromatic heterocycles. The summed E-state index contributed by atoms with van der Waals surface area (Å²) >= 11 is 7.11. The largest absolute Gasteiger partial charge is 0.456 e. The van der Waals surface area contributed by atoms with Crippen LogP contribution in [0.5, 0.6) is 0 Å². The van der Waals surface area contributed by atoms with Gasteiger partial charge in [0.2, 0.25) is 0 Å². The zero-order valence-corrected chi connectivity index (χ0v) is 73.7. The lowest BCUT2D eigenvalue weighted by Gasteiger charge is -2.37. The van der Waals surface area contributed by atoms with Crippen LogP contribution in [-0.2, 0) is 10.8 Å². The Hall–Kier alpha value is -15.6. The van der Waals surface area contributed by atoms with Crippen LogP contribution in [0.25, 0.3) is 111 Å². The summed E-state index contributed by atoms with van der Waals surface area (Å²) in [5, 5.41) is 8.10. The van der Waals surface area contributed by atoms with E-state index < -0.39 is 5.41 Å². The number of thiol groups is 1. The fourth-order valence-corrected chi connectivity index (χ4v) is 18.5. The van der Waals surface area contributed by atoms with E-state index in [0.29, 0.717) is 0 Å². The zero-order valence-electron chi connectivity index (χ0n) is 71.2. The van der Waals surface area contributed by atoms with Gasteiger partial charge in [0.05, 0.1) is 10.8 Å². The molecule has 0 radical (unpaired) electrons. The standard InChI is InChI=1S/C61H43NO.C36H25NO.C25H19Br.CH4S.CH4/c1-5-16-44(17-6-1)45-28-30-46(31-29-45)47-32-37-54(38-33-47)62(56-25-15-18-48(42-56)49-34-41-60-58(43-49)57-26-13-14-27-59(57)63-60)55-39-35-53(36-40-55)61(50-19-7-2-8-20-50,51-21-9-3-10-22-51)52-23-11-4-12-24-52;1-2-7-25(8-3-1)26-13-15-27(16-14-26)28-17-20-31(21-18-28)37-32-10-6-9-29(23-32)30-19-22-36-34(24-30)33-11-4-5-12-35(33)38-36;26-24-18-16-23(17-19-24)25(20-10-4-1-5-11-20,21-12-6-2-7-13-21)22-14-8-3-9-15-22;1-2;/h1-43H;1-24,37H;1-19H;2H,1H3;1H4. The molecule has 20 aromatic carbocycles. The number of furan rings is 2. The van der Waals surface area contributed by atoms with Gasteiger partial charge in [0.25, 0.3) is 0 Å². The molecule has 0 fully saturated rings. The first-order valence-corrected chi connectivity index (χ1v) is 45.3. The molecule has 1 N–H and O–H groups in total. The smallest absolute Gasteiger partial charge is 0.135 e. The van der Waals surface area contributed by atoms with Gasteiger partial charge in [0, 0.05) is 54.5 Å². The first-order chi connectivity index (χ1) is 63.8. The van der Waals surface area contributed by atoms with E-state index in [1.165, 1.54) is 94.6 Å². The van der Waals surface area contributed by atoms with E-state index in [0.717, 1.165) is 93.5 Å². The monoisotopic (exact) mass is 1750 g/mol. The Bertz CT molecular complexity index is 7260. The van der Waals surface area contributed by atoms with E-state index in [-0.39, 0.29) is 12.8 Å². The molecule has 4 nitrogen and oxygen atoms in total. The van der Waals surface area contributed by atoms with Crippen LogP contribution in [-0.4, -0.2) is 6.26 Å². The summed E-state index contributed by atoms with van der Waals surface area (Å²) < 4.78 is 13.3. The third-order valence-corrected chi connectivity index (χ3v) is 24.9. The first kappa shape index (κ1) is 85.2. The quantitative estimate of drug-likeness (QED) is 0.0625. The van der Waals surface area contributed by atoms with Crippen LogP contribution < -0.4 is 10.2 Å². The van der Waals surface area contributed by atoms with Crippen LogP contribution >= 0.6 is 28.6 Å². The number of anilines is 5. The van der Waals surface area contributed by atoms with Crippen molar-refractivity contribution in [1.29, 1.82) is 0 Å². The number of halogens is 1. The van der Waals surface area contributed by atoms with Crippen LogP contribution in [0.2, 0.25) is 0 Å². The molecule has 0 aliphatic carbocycles. The lowest BCUT2D eigenvalue weighted by molar-refractivity contribution is 0.668. The molecule has 6 heteroatoms. The molecule has 0 aliphatic heterocycles. The van der Waals surface area contributed by atoms with Crippen molar-refractivity contribution in [3.05, 3.63) is 571 Å². The van der Waals surface area contributed by atoms with Crippen molar-refractivity contribution >= 4 is 101 Å². The second-order valence-electron chi connectivity index (χ2n) is 32.0. The number of nitrogens with zero attached hydrogens (tertiary/aromatic N) is 1. The molecular formula is C124H95BrN2O2S. The van der Waals surface area contributed by atoms with Gasteiger partial charge in [-0.25, -0.2) is 0 Å². The molecule has 626 valence electrons. The van der Waals surface area contributed by atoms with Gasteiger partial charge in [-0.15, -0.1) is 0 Å². The van der Waals surface area contributed by atoms with Gasteiger partial charge in [-0.05, 0) is 227 Å². The Morgan fingerprint density at radius 1 is 0.200 bits per heavy atom. The van der Waals surface area contributed by atoms with Gasteiger partial charge in [-0.3, -0.25) is 0 Å². The van der Waals surface area contributed by atoms with Gasteiger partial charge in [0.1, 0.15) is 22.3 Å². The van der Waals surface area contributed by atoms with E-state index in [9.17, 15) is 0 Å². The van der Waals surface area contributed by atoms with Crippen molar-refractivity contribution in [2.75, 3.05) is 16.5 Å². The molecular weight excluding hydrogens is 1660 g/mol. The predicted octanol–water partition coefficient (Wildman–Crippen LogP) is 34.8. The number of fused-ring (bicyclic) bond motifs is 6. The number of hydrogen-bond donors (Lipinski definition) is 2. The highest BCUT2D eigenvalue weighted by Crippen LogP contribution is 2.49. The Labute approximate surface area is 776 Å². The maximum atomic E-state index is 6.20. The van der Waals surface area contributed by atoms with Gasteiger partial charge in [-0.1, -0.05) is 436 Å². The summed E-state index contributed by atoms with van der Waals surface area (Å²) in [5.41, 5.74) is 32.2. The summed E-state index contributed by atoms with van der Waals surface area (Å²) in [5.74, 6) is 0. The minimum absolute atomic E-state index is 0. The lowest BCUT2D eigenvalue weighted by atomic mass is 9.65. The predicted molar refractivity (Wildman–Crippen MR) is 557 cm³/mol. The zero-order chi connectivity index (χ0) is 87.1. The van der Waals surface area contributed by atoms with Gasteiger partial charge in [0.15, 0.2) is 0 Å². The number of benzene rings is 20. The highest BCUT2D eigenvalue weighted by molar-refractivity contribution is 9.10. The van der Waals surface area contributed by atoms with Crippen LogP contribution in [0, 0.1) is 0 Å². The fraction of sp³-hybridized carbons (Fsp3) is 0.0323. The SMILES string of the molecule is Brc1ccc(C(c2ccccc2)(c2ccccc2)c2ccccc2)cc1.C.CS.c1ccc(-c2ccc(-c3ccc(N(c4ccc(C(c5ccccc5)(c5ccccc5)c5ccccc5)cc4)c4cccc(-c5ccc6oc7ccccc7c6c5)c4)cc3)cc2)cc1.c1ccc(-c2ccc(-c3ccc(Nc4cccc(-c5ccc6oc7ccccc7c6c5)c4)cc3)cc2)cc1. The number of hydrogen-bond acceptors (Lipinski definition) is 5. The Morgan fingerprint density at radius 3 is 0.823 bits per heavy atom. The highest BCUT2D eigenvalue weighted by atomic mass is 79.9. The Balaban J connectivity index is 0.000000143. The average molecular weight is 1760 g/mol. The van der Waals surface area contributed by atoms with E-state index in [2.05, 4.69) is 530 Å². The van der Waals surface area contributed by atoms with Crippen molar-refractivity contribution in [1.82, 2.24) is 0 Å². The molecule has 0 spiro atoms. The number of para-hydroxylation sites is 2. The minimum atomic E-state index is -0.541. The van der Waals surface area contributed by atoms with E-state index in [4.69, 9.17) is 8.83 Å². The summed E-state index contributed by atoms with van der Waals surface area (Å²) in [4.78, 5) is 2.37. The van der Waals surface area contributed by atoms with Gasteiger partial charge >= 0.3 is 0 Å². The molecule has 2 heterocycles. The van der Waals surface area contributed by atoms with E-state index in [1.54, 1.807) is 6.26 Å². The fourth-order valence-electron chi connectivity index (χ4n) is 18.2. The van der Waals surface area contributed by atoms with Crippen molar-refractivity contribution in [2.45, 2.75) is 18.3 Å².